The van der Waals surface area contributed by atoms with Gasteiger partial charge in [0.05, 0.1) is 16.4 Å². The van der Waals surface area contributed by atoms with Gasteiger partial charge in [0.15, 0.2) is 0 Å². The number of nitrogens with one attached hydrogen (secondary N) is 1. The number of amides is 2. The maximum Gasteiger partial charge on any atom is 0.254 e. The summed E-state index contributed by atoms with van der Waals surface area (Å²) in [4.78, 5) is 27.9. The summed E-state index contributed by atoms with van der Waals surface area (Å²) in [5.74, 6) is -0.0131. The van der Waals surface area contributed by atoms with Crippen molar-refractivity contribution in [1.82, 2.24) is 14.7 Å². The number of unbranched alkanes of at least 4 members (excludes halogenated alkanes) is 2. The number of anilines is 1. The van der Waals surface area contributed by atoms with E-state index in [0.717, 1.165) is 25.0 Å². The number of benzene rings is 2. The van der Waals surface area contributed by atoms with Crippen LogP contribution in [-0.2, 0) is 10.2 Å². The molecule has 0 saturated carbocycles. The number of para-hydroxylation sites is 1. The van der Waals surface area contributed by atoms with Gasteiger partial charge in [0.2, 0.25) is 5.91 Å². The van der Waals surface area contributed by atoms with E-state index in [4.69, 9.17) is 28.3 Å². The van der Waals surface area contributed by atoms with Crippen molar-refractivity contribution < 1.29 is 9.59 Å². The van der Waals surface area contributed by atoms with Crippen LogP contribution >= 0.6 is 23.2 Å². The van der Waals surface area contributed by atoms with Crippen LogP contribution in [-0.4, -0.2) is 39.6 Å². The third-order valence-electron chi connectivity index (χ3n) is 5.57. The highest BCUT2D eigenvalue weighted by molar-refractivity contribution is 6.32. The average Bonchev–Trinajstić information content (AvgIpc) is 3.23. The van der Waals surface area contributed by atoms with Gasteiger partial charge in [-0.1, -0.05) is 75.9 Å². The van der Waals surface area contributed by atoms with Gasteiger partial charge in [-0.3, -0.25) is 9.59 Å². The first kappa shape index (κ1) is 26.8. The van der Waals surface area contributed by atoms with E-state index in [0.29, 0.717) is 33.7 Å². The molecule has 0 radical (unpaired) electrons. The van der Waals surface area contributed by atoms with Gasteiger partial charge in [-0.25, -0.2) is 4.68 Å². The zero-order chi connectivity index (χ0) is 25.6. The maximum atomic E-state index is 13.2. The molecule has 0 aliphatic rings. The normalized spacial score (nSPS) is 11.4. The van der Waals surface area contributed by atoms with E-state index in [-0.39, 0.29) is 23.8 Å². The van der Waals surface area contributed by atoms with Crippen LogP contribution < -0.4 is 5.32 Å². The number of carbonyl (C=O) groups is 2. The Hall–Kier alpha value is -2.83. The minimum Gasteiger partial charge on any atom is -0.329 e. The topological polar surface area (TPSA) is 67.2 Å². The predicted molar refractivity (Wildman–Crippen MR) is 143 cm³/mol. The van der Waals surface area contributed by atoms with Gasteiger partial charge in [-0.2, -0.15) is 5.10 Å². The monoisotopic (exact) mass is 514 g/mol. The van der Waals surface area contributed by atoms with Gasteiger partial charge >= 0.3 is 0 Å². The van der Waals surface area contributed by atoms with E-state index < -0.39 is 0 Å². The second kappa shape index (κ2) is 11.7. The lowest BCUT2D eigenvalue weighted by Gasteiger charge is -2.22. The van der Waals surface area contributed by atoms with Crippen LogP contribution in [0, 0.1) is 0 Å². The smallest absolute Gasteiger partial charge is 0.254 e. The van der Waals surface area contributed by atoms with Crippen LogP contribution in [0.4, 0.5) is 5.82 Å². The van der Waals surface area contributed by atoms with Crippen LogP contribution in [0.25, 0.3) is 5.69 Å². The van der Waals surface area contributed by atoms with E-state index in [9.17, 15) is 9.59 Å². The van der Waals surface area contributed by atoms with E-state index in [1.165, 1.54) is 0 Å². The Kier molecular flexibility index (Phi) is 8.98. The number of rotatable bonds is 9. The quantitative estimate of drug-likeness (QED) is 0.321. The summed E-state index contributed by atoms with van der Waals surface area (Å²) in [5.41, 5.74) is 1.74. The van der Waals surface area contributed by atoms with Gasteiger partial charge < -0.3 is 10.2 Å². The van der Waals surface area contributed by atoms with Crippen molar-refractivity contribution in [2.75, 3.05) is 18.4 Å². The van der Waals surface area contributed by atoms with Crippen molar-refractivity contribution in [3.63, 3.8) is 0 Å². The van der Waals surface area contributed by atoms with Crippen molar-refractivity contribution >= 4 is 40.8 Å². The Balaban J connectivity index is 1.86. The van der Waals surface area contributed by atoms with Crippen molar-refractivity contribution in [1.29, 1.82) is 0 Å². The molecule has 0 atom stereocenters. The molecule has 0 spiro atoms. The Labute approximate surface area is 217 Å². The molecule has 0 bridgehead atoms. The lowest BCUT2D eigenvalue weighted by molar-refractivity contribution is -0.117. The van der Waals surface area contributed by atoms with Gasteiger partial charge in [0.25, 0.3) is 5.91 Å². The molecule has 2 amide bonds. The minimum absolute atomic E-state index is 0.0796. The Bertz CT molecular complexity index is 1170. The van der Waals surface area contributed by atoms with Crippen molar-refractivity contribution in [3.8, 4) is 5.69 Å². The predicted octanol–water partition coefficient (Wildman–Crippen LogP) is 6.75. The SMILES string of the molecule is CCCCCN(CC(=O)Nc1cc(C(C)(C)C)nn1-c1ccccc1Cl)C(=O)c1ccc(Cl)cc1. The first-order valence-electron chi connectivity index (χ1n) is 11.8. The number of nitrogens with zero attached hydrogens (tertiary/aromatic N) is 3. The zero-order valence-electron chi connectivity index (χ0n) is 20.6. The van der Waals surface area contributed by atoms with Crippen molar-refractivity contribution in [2.45, 2.75) is 52.4 Å². The van der Waals surface area contributed by atoms with Gasteiger partial charge in [0.1, 0.15) is 12.4 Å². The number of carbonyl (C=O) groups excluding carboxylic acids is 2. The van der Waals surface area contributed by atoms with Crippen molar-refractivity contribution in [3.05, 3.63) is 75.9 Å². The average molecular weight is 515 g/mol. The molecule has 186 valence electrons. The molecule has 0 aliphatic heterocycles. The Morgan fingerprint density at radius 1 is 1.03 bits per heavy atom. The second-order valence-electron chi connectivity index (χ2n) is 9.52. The van der Waals surface area contributed by atoms with Crippen LogP contribution in [0.15, 0.2) is 54.6 Å². The highest BCUT2D eigenvalue weighted by atomic mass is 35.5. The zero-order valence-corrected chi connectivity index (χ0v) is 22.2. The summed E-state index contributed by atoms with van der Waals surface area (Å²) < 4.78 is 1.64. The Morgan fingerprint density at radius 3 is 2.34 bits per heavy atom. The fourth-order valence-electron chi connectivity index (χ4n) is 3.58. The number of aromatic nitrogens is 2. The van der Waals surface area contributed by atoms with Crippen LogP contribution in [0.1, 0.15) is 63.0 Å². The second-order valence-corrected chi connectivity index (χ2v) is 10.4. The number of halogens is 2. The first-order chi connectivity index (χ1) is 16.6. The standard InChI is InChI=1S/C27H32Cl2N4O2/c1-5-6-9-16-32(26(35)19-12-14-20(28)15-13-19)18-25(34)30-24-17-23(27(2,3)4)31-33(24)22-11-8-7-10-21(22)29/h7-8,10-15,17H,5-6,9,16,18H2,1-4H3,(H,30,34). The molecule has 35 heavy (non-hydrogen) atoms. The number of hydrogen-bond donors (Lipinski definition) is 1. The van der Waals surface area contributed by atoms with Crippen LogP contribution in [0.3, 0.4) is 0 Å². The third kappa shape index (κ3) is 7.09. The lowest BCUT2D eigenvalue weighted by atomic mass is 9.92. The molecule has 3 aromatic rings. The highest BCUT2D eigenvalue weighted by Crippen LogP contribution is 2.29. The van der Waals surface area contributed by atoms with E-state index in [2.05, 4.69) is 33.0 Å². The summed E-state index contributed by atoms with van der Waals surface area (Å²) >= 11 is 12.4. The molecule has 0 aliphatic carbocycles. The van der Waals surface area contributed by atoms with Crippen LogP contribution in [0.2, 0.25) is 10.0 Å². The molecular weight excluding hydrogens is 483 g/mol. The van der Waals surface area contributed by atoms with Crippen LogP contribution in [0.5, 0.6) is 0 Å². The molecular formula is C27H32Cl2N4O2. The largest absolute Gasteiger partial charge is 0.329 e. The molecule has 0 fully saturated rings. The molecule has 8 heteroatoms. The van der Waals surface area contributed by atoms with E-state index >= 15 is 0 Å². The molecule has 1 N–H and O–H groups in total. The summed E-state index contributed by atoms with van der Waals surface area (Å²) in [6, 6.07) is 15.9. The summed E-state index contributed by atoms with van der Waals surface area (Å²) in [6.07, 6.45) is 2.80. The van der Waals surface area contributed by atoms with E-state index in [1.54, 1.807) is 39.9 Å². The fourth-order valence-corrected chi connectivity index (χ4v) is 3.92. The lowest BCUT2D eigenvalue weighted by Crippen LogP contribution is -2.39. The molecule has 6 nitrogen and oxygen atoms in total. The molecule has 3 rings (SSSR count). The van der Waals surface area contributed by atoms with Crippen molar-refractivity contribution in [2.24, 2.45) is 0 Å². The molecule has 1 aromatic heterocycles. The molecule has 2 aromatic carbocycles. The van der Waals surface area contributed by atoms with Gasteiger partial charge in [0, 0.05) is 28.6 Å². The third-order valence-corrected chi connectivity index (χ3v) is 6.14. The highest BCUT2D eigenvalue weighted by Gasteiger charge is 2.24. The van der Waals surface area contributed by atoms with Gasteiger partial charge in [-0.15, -0.1) is 0 Å². The summed E-state index contributed by atoms with van der Waals surface area (Å²) in [6.45, 7) is 8.67. The Morgan fingerprint density at radius 2 is 1.71 bits per heavy atom. The van der Waals surface area contributed by atoms with Gasteiger partial charge in [-0.05, 0) is 42.8 Å². The molecule has 1 heterocycles. The fraction of sp³-hybridized carbons (Fsp3) is 0.370. The molecule has 0 saturated heterocycles. The maximum absolute atomic E-state index is 13.2. The van der Waals surface area contributed by atoms with E-state index in [1.807, 2.05) is 24.3 Å². The summed E-state index contributed by atoms with van der Waals surface area (Å²) in [7, 11) is 0. The molecule has 0 unspecified atom stereocenters. The number of hydrogen-bond acceptors (Lipinski definition) is 3. The summed E-state index contributed by atoms with van der Waals surface area (Å²) in [5, 5.41) is 8.75. The minimum atomic E-state index is -0.308. The first-order valence-corrected chi connectivity index (χ1v) is 12.6.